The van der Waals surface area contributed by atoms with Gasteiger partial charge in [-0.25, -0.2) is 19.9 Å². The van der Waals surface area contributed by atoms with E-state index in [4.69, 9.17) is 5.73 Å². The first-order valence-corrected chi connectivity index (χ1v) is 9.83. The summed E-state index contributed by atoms with van der Waals surface area (Å²) in [5.74, 6) is 6.98. The van der Waals surface area contributed by atoms with Crippen LogP contribution in [0, 0.1) is 25.7 Å². The van der Waals surface area contributed by atoms with Gasteiger partial charge in [0.25, 0.3) is 0 Å². The van der Waals surface area contributed by atoms with E-state index in [2.05, 4.69) is 31.8 Å². The van der Waals surface area contributed by atoms with Gasteiger partial charge in [-0.1, -0.05) is 24.0 Å². The number of aliphatic hydroxyl groups is 1. The second-order valence-electron chi connectivity index (χ2n) is 6.87. The molecule has 0 saturated heterocycles. The van der Waals surface area contributed by atoms with Gasteiger partial charge in [0.15, 0.2) is 11.4 Å². The Morgan fingerprint density at radius 3 is 2.69 bits per heavy atom. The average Bonchev–Trinajstić information content (AvgIpc) is 3.14. The van der Waals surface area contributed by atoms with E-state index in [0.29, 0.717) is 22.7 Å². The minimum atomic E-state index is -1.26. The molecule has 0 saturated carbocycles. The van der Waals surface area contributed by atoms with E-state index >= 15 is 0 Å². The second-order valence-corrected chi connectivity index (χ2v) is 8.10. The zero-order valence-corrected chi connectivity index (χ0v) is 17.1. The van der Waals surface area contributed by atoms with E-state index in [1.54, 1.807) is 20.0 Å². The molecule has 29 heavy (non-hydrogen) atoms. The lowest BCUT2D eigenvalue weighted by Crippen LogP contribution is -2.16. The Bertz CT molecular complexity index is 1280. The largest absolute Gasteiger partial charge is 0.382 e. The summed E-state index contributed by atoms with van der Waals surface area (Å²) in [6, 6.07) is 11.5. The molecule has 3 heterocycles. The predicted molar refractivity (Wildman–Crippen MR) is 115 cm³/mol. The average molecular weight is 401 g/mol. The molecule has 0 aliphatic heterocycles. The molecule has 7 heteroatoms. The topological polar surface area (TPSA) is 97.8 Å². The van der Waals surface area contributed by atoms with Gasteiger partial charge >= 0.3 is 0 Å². The summed E-state index contributed by atoms with van der Waals surface area (Å²) in [5.41, 5.74) is 8.48. The first-order valence-electron chi connectivity index (χ1n) is 9.01. The Labute approximate surface area is 172 Å². The lowest BCUT2D eigenvalue weighted by molar-refractivity contribution is 0.126. The molecule has 4 rings (SSSR count). The molecule has 0 spiro atoms. The fourth-order valence-electron chi connectivity index (χ4n) is 2.92. The van der Waals surface area contributed by atoms with Crippen LogP contribution in [-0.2, 0) is 5.60 Å². The molecule has 0 radical (unpaired) electrons. The fraction of sp³-hybridized carbons (Fsp3) is 0.182. The maximum Gasteiger partial charge on any atom is 0.159 e. The zero-order valence-electron chi connectivity index (χ0n) is 16.3. The van der Waals surface area contributed by atoms with E-state index in [1.165, 1.54) is 11.3 Å². The molecule has 1 atom stereocenters. The number of aromatic nitrogens is 4. The van der Waals surface area contributed by atoms with Gasteiger partial charge in [-0.15, -0.1) is 11.3 Å². The third-order valence-corrected chi connectivity index (χ3v) is 5.51. The third-order valence-electron chi connectivity index (χ3n) is 4.39. The number of nitrogen functional groups attached to an aromatic ring is 1. The van der Waals surface area contributed by atoms with Crippen molar-refractivity contribution in [2.45, 2.75) is 26.4 Å². The number of thiazole rings is 1. The second kappa shape index (κ2) is 7.24. The Balaban J connectivity index is 1.69. The van der Waals surface area contributed by atoms with Crippen molar-refractivity contribution >= 4 is 28.2 Å². The van der Waals surface area contributed by atoms with Crippen LogP contribution in [0.5, 0.6) is 0 Å². The van der Waals surface area contributed by atoms with Crippen molar-refractivity contribution in [1.82, 2.24) is 19.9 Å². The summed E-state index contributed by atoms with van der Waals surface area (Å²) < 4.78 is 0. The van der Waals surface area contributed by atoms with Gasteiger partial charge in [-0.2, -0.15) is 0 Å². The lowest BCUT2D eigenvalue weighted by Gasteiger charge is -2.12. The Kier molecular flexibility index (Phi) is 4.74. The smallest absolute Gasteiger partial charge is 0.159 e. The van der Waals surface area contributed by atoms with Crippen LogP contribution < -0.4 is 5.73 Å². The quantitative estimate of drug-likeness (QED) is 0.498. The van der Waals surface area contributed by atoms with E-state index in [9.17, 15) is 5.11 Å². The number of aryl methyl sites for hydroxylation is 2. The van der Waals surface area contributed by atoms with Crippen molar-refractivity contribution in [3.8, 4) is 23.1 Å². The van der Waals surface area contributed by atoms with Crippen LogP contribution in [0.2, 0.25) is 0 Å². The maximum absolute atomic E-state index is 10.7. The third kappa shape index (κ3) is 3.94. The van der Waals surface area contributed by atoms with Crippen molar-refractivity contribution in [2.24, 2.45) is 0 Å². The van der Waals surface area contributed by atoms with Crippen LogP contribution in [0.4, 0.5) is 5.82 Å². The van der Waals surface area contributed by atoms with Crippen LogP contribution in [0.1, 0.15) is 28.2 Å². The summed E-state index contributed by atoms with van der Waals surface area (Å²) in [7, 11) is 0. The molecule has 1 unspecified atom stereocenters. The van der Waals surface area contributed by atoms with Gasteiger partial charge in [0, 0.05) is 17.3 Å². The van der Waals surface area contributed by atoms with Crippen LogP contribution >= 0.6 is 11.3 Å². The fourth-order valence-corrected chi connectivity index (χ4v) is 3.69. The number of anilines is 1. The van der Waals surface area contributed by atoms with E-state index in [0.717, 1.165) is 26.7 Å². The van der Waals surface area contributed by atoms with Crippen molar-refractivity contribution in [3.63, 3.8) is 0 Å². The molecular formula is C22H19N5OS. The highest BCUT2D eigenvalue weighted by Crippen LogP contribution is 2.26. The molecule has 1 aromatic carbocycles. The maximum atomic E-state index is 10.7. The molecular weight excluding hydrogens is 382 g/mol. The van der Waals surface area contributed by atoms with Gasteiger partial charge in [0.1, 0.15) is 11.3 Å². The highest BCUT2D eigenvalue weighted by Gasteiger charge is 2.22. The van der Waals surface area contributed by atoms with E-state index < -0.39 is 5.60 Å². The van der Waals surface area contributed by atoms with Crippen LogP contribution in [0.3, 0.4) is 0 Å². The van der Waals surface area contributed by atoms with Gasteiger partial charge in [-0.05, 0) is 45.0 Å². The number of fused-ring (bicyclic) bond motifs is 1. The van der Waals surface area contributed by atoms with Gasteiger partial charge in [-0.3, -0.25) is 0 Å². The molecule has 4 aromatic rings. The minimum absolute atomic E-state index is 0.362. The number of hydrogen-bond donors (Lipinski definition) is 2. The highest BCUT2D eigenvalue weighted by molar-refractivity contribution is 7.11. The highest BCUT2D eigenvalue weighted by atomic mass is 32.1. The Morgan fingerprint density at radius 1 is 1.10 bits per heavy atom. The van der Waals surface area contributed by atoms with E-state index in [-0.39, 0.29) is 0 Å². The van der Waals surface area contributed by atoms with Crippen molar-refractivity contribution < 1.29 is 5.11 Å². The molecule has 0 amide bonds. The van der Waals surface area contributed by atoms with Gasteiger partial charge in [0.2, 0.25) is 0 Å². The zero-order chi connectivity index (χ0) is 20.6. The Hall–Kier alpha value is -3.34. The summed E-state index contributed by atoms with van der Waals surface area (Å²) in [6.07, 6.45) is 1.66. The number of nitrogens with two attached hydrogens (primary N) is 1. The number of benzene rings is 1. The standard InChI is InChI=1S/C22H19N5OS/c1-13-25-18-8-7-17(27-20(18)21(23)26-13)16-6-4-5-15(11-16)9-10-22(3,28)19-12-24-14(2)29-19/h4-8,11-12,28H,1-3H3,(H2,23,25,26). The summed E-state index contributed by atoms with van der Waals surface area (Å²) in [5, 5.41) is 11.6. The lowest BCUT2D eigenvalue weighted by atomic mass is 10.0. The van der Waals surface area contributed by atoms with E-state index in [1.807, 2.05) is 43.3 Å². The summed E-state index contributed by atoms with van der Waals surface area (Å²) in [6.45, 7) is 5.37. The molecule has 144 valence electrons. The van der Waals surface area contributed by atoms with Gasteiger partial charge < -0.3 is 10.8 Å². The number of hydrogen-bond acceptors (Lipinski definition) is 7. The number of pyridine rings is 1. The monoisotopic (exact) mass is 401 g/mol. The SMILES string of the molecule is Cc1nc(N)c2nc(-c3cccc(C#CC(C)(O)c4cnc(C)s4)c3)ccc2n1. The molecule has 0 fully saturated rings. The van der Waals surface area contributed by atoms with Crippen LogP contribution in [-0.4, -0.2) is 25.0 Å². The molecule has 0 aliphatic rings. The molecule has 0 bridgehead atoms. The number of rotatable bonds is 2. The Morgan fingerprint density at radius 2 is 1.93 bits per heavy atom. The molecule has 6 nitrogen and oxygen atoms in total. The number of nitrogens with zero attached hydrogens (tertiary/aromatic N) is 4. The minimum Gasteiger partial charge on any atom is -0.382 e. The first kappa shape index (κ1) is 19.0. The summed E-state index contributed by atoms with van der Waals surface area (Å²) in [4.78, 5) is 18.1. The molecule has 3 aromatic heterocycles. The first-order chi connectivity index (χ1) is 13.8. The van der Waals surface area contributed by atoms with Crippen molar-refractivity contribution in [3.05, 3.63) is 63.9 Å². The van der Waals surface area contributed by atoms with Crippen molar-refractivity contribution in [1.29, 1.82) is 0 Å². The van der Waals surface area contributed by atoms with Crippen LogP contribution in [0.25, 0.3) is 22.3 Å². The summed E-state index contributed by atoms with van der Waals surface area (Å²) >= 11 is 1.44. The van der Waals surface area contributed by atoms with Gasteiger partial charge in [0.05, 0.1) is 21.1 Å². The normalized spacial score (nSPS) is 13.0. The molecule has 3 N–H and O–H groups in total. The molecule has 0 aliphatic carbocycles. The van der Waals surface area contributed by atoms with Crippen LogP contribution in [0.15, 0.2) is 42.6 Å². The van der Waals surface area contributed by atoms with Crippen molar-refractivity contribution in [2.75, 3.05) is 5.73 Å². The predicted octanol–water partition coefficient (Wildman–Crippen LogP) is 3.61.